The average molecular weight is 346 g/mol. The van der Waals surface area contributed by atoms with E-state index in [2.05, 4.69) is 20.9 Å². The fraction of sp³-hybridized carbons (Fsp3) is 0.375. The number of aromatic nitrogens is 3. The van der Waals surface area contributed by atoms with Crippen LogP contribution in [0, 0.1) is 5.82 Å². The monoisotopic (exact) mass is 346 g/mol. The third kappa shape index (κ3) is 3.82. The summed E-state index contributed by atoms with van der Waals surface area (Å²) >= 11 is 0. The van der Waals surface area contributed by atoms with Crippen LogP contribution in [-0.4, -0.2) is 64.4 Å². The van der Waals surface area contributed by atoms with Crippen LogP contribution in [0.1, 0.15) is 16.4 Å². The lowest BCUT2D eigenvalue weighted by Crippen LogP contribution is -2.42. The molecule has 9 heteroatoms. The summed E-state index contributed by atoms with van der Waals surface area (Å²) in [5.74, 6) is -1.18. The molecule has 0 spiro atoms. The Morgan fingerprint density at radius 1 is 1.32 bits per heavy atom. The van der Waals surface area contributed by atoms with E-state index in [0.29, 0.717) is 13.1 Å². The molecule has 2 atom stereocenters. The molecule has 0 radical (unpaired) electrons. The zero-order chi connectivity index (χ0) is 17.8. The molecule has 132 valence electrons. The van der Waals surface area contributed by atoms with Crippen molar-refractivity contribution in [2.75, 3.05) is 26.7 Å². The highest BCUT2D eigenvalue weighted by Crippen LogP contribution is 2.21. The lowest BCUT2D eigenvalue weighted by Gasteiger charge is -2.19. The van der Waals surface area contributed by atoms with Crippen LogP contribution in [0.3, 0.4) is 0 Å². The van der Waals surface area contributed by atoms with Crippen LogP contribution in [0.15, 0.2) is 36.7 Å². The van der Waals surface area contributed by atoms with Crippen LogP contribution in [0.4, 0.5) is 4.39 Å². The molecule has 1 aromatic heterocycles. The van der Waals surface area contributed by atoms with Crippen molar-refractivity contribution in [1.29, 1.82) is 0 Å². The number of carbonyl (C=O) groups is 2. The molecule has 1 fully saturated rings. The van der Waals surface area contributed by atoms with Crippen molar-refractivity contribution in [2.45, 2.75) is 12.1 Å². The summed E-state index contributed by atoms with van der Waals surface area (Å²) in [5.41, 5.74) is -0.00964. The minimum Gasteiger partial charge on any atom is -0.358 e. The summed E-state index contributed by atoms with van der Waals surface area (Å²) in [4.78, 5) is 26.0. The van der Waals surface area contributed by atoms with E-state index in [1.165, 1.54) is 18.2 Å². The number of hydrogen-bond acceptors (Lipinski definition) is 5. The van der Waals surface area contributed by atoms with Gasteiger partial charge in [0.2, 0.25) is 5.91 Å². The van der Waals surface area contributed by atoms with Crippen molar-refractivity contribution < 1.29 is 14.0 Å². The summed E-state index contributed by atoms with van der Waals surface area (Å²) in [6, 6.07) is 5.31. The van der Waals surface area contributed by atoms with Crippen LogP contribution in [0.5, 0.6) is 0 Å². The summed E-state index contributed by atoms with van der Waals surface area (Å²) < 4.78 is 15.5. The first-order valence-corrected chi connectivity index (χ1v) is 7.92. The lowest BCUT2D eigenvalue weighted by atomic mass is 10.1. The molecular formula is C16H19FN6O2. The van der Waals surface area contributed by atoms with Crippen molar-refractivity contribution in [3.8, 4) is 0 Å². The molecule has 0 saturated carbocycles. The van der Waals surface area contributed by atoms with Gasteiger partial charge in [0.15, 0.2) is 0 Å². The number of rotatable bonds is 5. The maximum atomic E-state index is 13.8. The molecule has 1 aliphatic rings. The van der Waals surface area contributed by atoms with E-state index < -0.39 is 11.7 Å². The first kappa shape index (κ1) is 17.0. The van der Waals surface area contributed by atoms with Crippen LogP contribution < -0.4 is 10.6 Å². The van der Waals surface area contributed by atoms with Crippen molar-refractivity contribution in [2.24, 2.45) is 0 Å². The van der Waals surface area contributed by atoms with Gasteiger partial charge < -0.3 is 10.6 Å². The maximum absolute atomic E-state index is 13.8. The third-order valence-corrected chi connectivity index (χ3v) is 4.23. The molecule has 0 aliphatic carbocycles. The van der Waals surface area contributed by atoms with Crippen LogP contribution in [0.2, 0.25) is 0 Å². The predicted molar refractivity (Wildman–Crippen MR) is 87.2 cm³/mol. The van der Waals surface area contributed by atoms with E-state index in [0.717, 1.165) is 0 Å². The largest absolute Gasteiger partial charge is 0.358 e. The van der Waals surface area contributed by atoms with Gasteiger partial charge in [-0.05, 0) is 12.1 Å². The molecule has 8 nitrogen and oxygen atoms in total. The first-order chi connectivity index (χ1) is 12.1. The number of halogens is 1. The van der Waals surface area contributed by atoms with Gasteiger partial charge >= 0.3 is 0 Å². The normalized spacial score (nSPS) is 20.4. The topological polar surface area (TPSA) is 92.2 Å². The van der Waals surface area contributed by atoms with E-state index in [1.54, 1.807) is 30.2 Å². The van der Waals surface area contributed by atoms with Gasteiger partial charge in [-0.25, -0.2) is 9.07 Å². The maximum Gasteiger partial charge on any atom is 0.254 e. The highest BCUT2D eigenvalue weighted by molar-refractivity contribution is 5.94. The molecule has 1 saturated heterocycles. The van der Waals surface area contributed by atoms with Crippen LogP contribution in [0.25, 0.3) is 0 Å². The van der Waals surface area contributed by atoms with Gasteiger partial charge in [-0.1, -0.05) is 17.3 Å². The Balaban J connectivity index is 1.76. The van der Waals surface area contributed by atoms with E-state index in [4.69, 9.17) is 0 Å². The fourth-order valence-electron chi connectivity index (χ4n) is 2.97. The molecule has 2 amide bonds. The van der Waals surface area contributed by atoms with Gasteiger partial charge in [-0.15, -0.1) is 5.10 Å². The number of benzene rings is 1. The molecule has 3 rings (SSSR count). The Kier molecular flexibility index (Phi) is 5.03. The zero-order valence-corrected chi connectivity index (χ0v) is 13.7. The van der Waals surface area contributed by atoms with E-state index in [-0.39, 0.29) is 30.1 Å². The van der Waals surface area contributed by atoms with Gasteiger partial charge in [0.1, 0.15) is 5.82 Å². The number of carbonyl (C=O) groups excluding carboxylic acids is 2. The van der Waals surface area contributed by atoms with Crippen LogP contribution in [-0.2, 0) is 4.79 Å². The van der Waals surface area contributed by atoms with Gasteiger partial charge in [0, 0.05) is 26.3 Å². The molecule has 2 N–H and O–H groups in total. The molecule has 25 heavy (non-hydrogen) atoms. The number of nitrogens with zero attached hydrogens (tertiary/aromatic N) is 4. The smallest absolute Gasteiger partial charge is 0.254 e. The minimum atomic E-state index is -0.572. The van der Waals surface area contributed by atoms with Crippen LogP contribution >= 0.6 is 0 Å². The molecule has 1 aliphatic heterocycles. The van der Waals surface area contributed by atoms with E-state index in [1.807, 2.05) is 4.90 Å². The predicted octanol–water partition coefficient (Wildman–Crippen LogP) is -0.181. The zero-order valence-electron chi connectivity index (χ0n) is 13.7. The van der Waals surface area contributed by atoms with Gasteiger partial charge in [0.05, 0.1) is 30.4 Å². The quantitative estimate of drug-likeness (QED) is 0.784. The number of amides is 2. The Labute approximate surface area is 144 Å². The van der Waals surface area contributed by atoms with E-state index >= 15 is 0 Å². The van der Waals surface area contributed by atoms with Crippen molar-refractivity contribution in [3.05, 3.63) is 48.0 Å². The standard InChI is InChI=1S/C16H19FN6O2/c1-18-15(24)10-22-8-13(14(9-22)23-7-6-19-21-23)20-16(25)11-4-2-3-5-12(11)17/h2-7,13-14H,8-10H2,1H3,(H,18,24)(H,20,25)/t13-,14+/m1/s1. The lowest BCUT2D eigenvalue weighted by molar-refractivity contribution is -0.121. The van der Waals surface area contributed by atoms with Gasteiger partial charge in [-0.3, -0.25) is 14.5 Å². The van der Waals surface area contributed by atoms with Gasteiger partial charge in [0.25, 0.3) is 5.91 Å². The Morgan fingerprint density at radius 3 is 2.80 bits per heavy atom. The third-order valence-electron chi connectivity index (χ3n) is 4.23. The molecule has 0 bridgehead atoms. The number of hydrogen-bond donors (Lipinski definition) is 2. The minimum absolute atomic E-state index is 0.00964. The molecular weight excluding hydrogens is 327 g/mol. The number of likely N-dealkylation sites (N-methyl/N-ethyl adjacent to an activating group) is 1. The number of likely N-dealkylation sites (tertiary alicyclic amines) is 1. The first-order valence-electron chi connectivity index (χ1n) is 7.92. The summed E-state index contributed by atoms with van der Waals surface area (Å²) in [5, 5.41) is 13.2. The summed E-state index contributed by atoms with van der Waals surface area (Å²) in [6.45, 7) is 1.20. The molecule has 1 aromatic carbocycles. The Hall–Kier alpha value is -2.81. The summed E-state index contributed by atoms with van der Waals surface area (Å²) in [6.07, 6.45) is 3.26. The second-order valence-electron chi connectivity index (χ2n) is 5.88. The fourth-order valence-corrected chi connectivity index (χ4v) is 2.97. The van der Waals surface area contributed by atoms with Gasteiger partial charge in [-0.2, -0.15) is 0 Å². The second-order valence-corrected chi connectivity index (χ2v) is 5.88. The summed E-state index contributed by atoms with van der Waals surface area (Å²) in [7, 11) is 1.57. The average Bonchev–Trinajstić information content (AvgIpc) is 3.24. The van der Waals surface area contributed by atoms with Crippen molar-refractivity contribution in [1.82, 2.24) is 30.5 Å². The Morgan fingerprint density at radius 2 is 2.12 bits per heavy atom. The highest BCUT2D eigenvalue weighted by Gasteiger charge is 2.36. The number of nitrogens with one attached hydrogen (secondary N) is 2. The van der Waals surface area contributed by atoms with E-state index in [9.17, 15) is 14.0 Å². The molecule has 0 unspecified atom stereocenters. The van der Waals surface area contributed by atoms with Crippen molar-refractivity contribution >= 4 is 11.8 Å². The molecule has 2 aromatic rings. The SMILES string of the molecule is CNC(=O)CN1C[C@@H](NC(=O)c2ccccc2F)[C@@H](n2ccnn2)C1. The van der Waals surface area contributed by atoms with Crippen molar-refractivity contribution in [3.63, 3.8) is 0 Å². The Bertz CT molecular complexity index is 751. The second kappa shape index (κ2) is 7.39. The highest BCUT2D eigenvalue weighted by atomic mass is 19.1. The molecule has 2 heterocycles.